The van der Waals surface area contributed by atoms with Crippen molar-refractivity contribution in [3.05, 3.63) is 41.2 Å². The number of benzene rings is 1. The van der Waals surface area contributed by atoms with Crippen molar-refractivity contribution in [2.24, 2.45) is 0 Å². The van der Waals surface area contributed by atoms with Crippen LogP contribution in [0.5, 0.6) is 0 Å². The number of hydrogen-bond donors (Lipinski definition) is 3. The number of aromatic nitrogens is 2. The van der Waals surface area contributed by atoms with E-state index in [9.17, 15) is 4.79 Å². The summed E-state index contributed by atoms with van der Waals surface area (Å²) in [6.45, 7) is 2.00. The standard InChI is InChI=1S/C14H16N4O/c1-8-2-6-10(7-3-8)16-14(19)13-11(15)12(17-18-13)9-4-5-9/h2-3,6-7,9H,4-5,15H2,1H3,(H,16,19)(H,17,18). The highest BCUT2D eigenvalue weighted by Crippen LogP contribution is 2.42. The van der Waals surface area contributed by atoms with Crippen LogP contribution in [-0.4, -0.2) is 16.1 Å². The Balaban J connectivity index is 1.78. The van der Waals surface area contributed by atoms with Gasteiger partial charge in [0.2, 0.25) is 0 Å². The van der Waals surface area contributed by atoms with E-state index in [2.05, 4.69) is 15.5 Å². The Kier molecular flexibility index (Phi) is 2.74. The predicted molar refractivity (Wildman–Crippen MR) is 74.1 cm³/mol. The van der Waals surface area contributed by atoms with Crippen molar-refractivity contribution in [2.45, 2.75) is 25.7 Å². The maximum Gasteiger partial charge on any atom is 0.278 e. The van der Waals surface area contributed by atoms with Gasteiger partial charge in [-0.3, -0.25) is 9.89 Å². The largest absolute Gasteiger partial charge is 0.395 e. The van der Waals surface area contributed by atoms with E-state index < -0.39 is 0 Å². The van der Waals surface area contributed by atoms with Crippen molar-refractivity contribution in [2.75, 3.05) is 11.1 Å². The Labute approximate surface area is 111 Å². The molecule has 1 heterocycles. The number of rotatable bonds is 3. The molecular weight excluding hydrogens is 240 g/mol. The summed E-state index contributed by atoms with van der Waals surface area (Å²) in [6, 6.07) is 7.61. The Hall–Kier alpha value is -2.30. The van der Waals surface area contributed by atoms with Crippen molar-refractivity contribution in [3.8, 4) is 0 Å². The molecule has 19 heavy (non-hydrogen) atoms. The van der Waals surface area contributed by atoms with E-state index in [-0.39, 0.29) is 11.6 Å². The van der Waals surface area contributed by atoms with Gasteiger partial charge in [0.1, 0.15) is 0 Å². The number of nitrogens with two attached hydrogens (primary N) is 1. The highest BCUT2D eigenvalue weighted by molar-refractivity contribution is 6.06. The maximum atomic E-state index is 12.1. The second kappa shape index (κ2) is 4.42. The summed E-state index contributed by atoms with van der Waals surface area (Å²) in [5, 5.41) is 9.70. The Morgan fingerprint density at radius 1 is 1.37 bits per heavy atom. The SMILES string of the molecule is Cc1ccc(NC(=O)c2n[nH]c(C3CC3)c2N)cc1. The van der Waals surface area contributed by atoms with Crippen LogP contribution < -0.4 is 11.1 Å². The van der Waals surface area contributed by atoms with Crippen molar-refractivity contribution in [1.29, 1.82) is 0 Å². The number of aromatic amines is 1. The molecule has 1 aromatic carbocycles. The number of H-pyrrole nitrogens is 1. The molecule has 1 fully saturated rings. The molecule has 1 amide bonds. The molecule has 2 aromatic rings. The molecule has 0 unspecified atom stereocenters. The number of nitrogens with one attached hydrogen (secondary N) is 2. The lowest BCUT2D eigenvalue weighted by atomic mass is 10.2. The van der Waals surface area contributed by atoms with Gasteiger partial charge < -0.3 is 11.1 Å². The first-order valence-corrected chi connectivity index (χ1v) is 6.37. The topological polar surface area (TPSA) is 83.8 Å². The van der Waals surface area contributed by atoms with Crippen molar-refractivity contribution in [3.63, 3.8) is 0 Å². The van der Waals surface area contributed by atoms with E-state index in [1.807, 2.05) is 31.2 Å². The van der Waals surface area contributed by atoms with Gasteiger partial charge in [0.25, 0.3) is 5.91 Å². The minimum Gasteiger partial charge on any atom is -0.395 e. The van der Waals surface area contributed by atoms with Gasteiger partial charge in [-0.1, -0.05) is 17.7 Å². The van der Waals surface area contributed by atoms with Crippen LogP contribution in [0.3, 0.4) is 0 Å². The number of hydrogen-bond acceptors (Lipinski definition) is 3. The monoisotopic (exact) mass is 256 g/mol. The molecule has 1 saturated carbocycles. The molecule has 0 aliphatic heterocycles. The summed E-state index contributed by atoms with van der Waals surface area (Å²) in [7, 11) is 0. The highest BCUT2D eigenvalue weighted by atomic mass is 16.2. The second-order valence-electron chi connectivity index (χ2n) is 4.99. The molecule has 5 heteroatoms. The Bertz CT molecular complexity index is 611. The third kappa shape index (κ3) is 2.31. The van der Waals surface area contributed by atoms with Crippen LogP contribution >= 0.6 is 0 Å². The first-order chi connectivity index (χ1) is 9.15. The molecule has 0 saturated heterocycles. The second-order valence-corrected chi connectivity index (χ2v) is 4.99. The fourth-order valence-corrected chi connectivity index (χ4v) is 2.05. The van der Waals surface area contributed by atoms with E-state index in [1.54, 1.807) is 0 Å². The number of carbonyl (C=O) groups excluding carboxylic acids is 1. The van der Waals surface area contributed by atoms with Gasteiger partial charge in [0, 0.05) is 11.6 Å². The van der Waals surface area contributed by atoms with Crippen LogP contribution in [-0.2, 0) is 0 Å². The molecule has 0 bridgehead atoms. The van der Waals surface area contributed by atoms with E-state index in [1.165, 1.54) is 0 Å². The van der Waals surface area contributed by atoms with Gasteiger partial charge >= 0.3 is 0 Å². The number of anilines is 2. The summed E-state index contributed by atoms with van der Waals surface area (Å²) in [5.41, 5.74) is 9.51. The third-order valence-corrected chi connectivity index (χ3v) is 3.34. The minimum atomic E-state index is -0.274. The maximum absolute atomic E-state index is 12.1. The fraction of sp³-hybridized carbons (Fsp3) is 0.286. The predicted octanol–water partition coefficient (Wildman–Crippen LogP) is 2.43. The number of carbonyl (C=O) groups is 1. The Morgan fingerprint density at radius 3 is 2.68 bits per heavy atom. The lowest BCUT2D eigenvalue weighted by Crippen LogP contribution is -2.14. The molecule has 1 aliphatic rings. The fourth-order valence-electron chi connectivity index (χ4n) is 2.05. The molecular formula is C14H16N4O. The number of nitrogens with zero attached hydrogens (tertiary/aromatic N) is 1. The summed E-state index contributed by atoms with van der Waals surface area (Å²) in [4.78, 5) is 12.1. The highest BCUT2D eigenvalue weighted by Gasteiger charge is 2.30. The normalized spacial score (nSPS) is 14.4. The molecule has 4 N–H and O–H groups in total. The third-order valence-electron chi connectivity index (χ3n) is 3.34. The van der Waals surface area contributed by atoms with Crippen LogP contribution in [0.4, 0.5) is 11.4 Å². The zero-order valence-electron chi connectivity index (χ0n) is 10.7. The molecule has 0 radical (unpaired) electrons. The zero-order valence-corrected chi connectivity index (χ0v) is 10.7. The smallest absolute Gasteiger partial charge is 0.278 e. The van der Waals surface area contributed by atoms with E-state index in [0.29, 0.717) is 11.6 Å². The van der Waals surface area contributed by atoms with Crippen molar-refractivity contribution >= 4 is 17.3 Å². The first kappa shape index (κ1) is 11.8. The van der Waals surface area contributed by atoms with Crippen LogP contribution in [0.2, 0.25) is 0 Å². The van der Waals surface area contributed by atoms with Gasteiger partial charge in [-0.25, -0.2) is 0 Å². The Morgan fingerprint density at radius 2 is 2.05 bits per heavy atom. The van der Waals surface area contributed by atoms with Gasteiger partial charge in [0.05, 0.1) is 11.4 Å². The quantitative estimate of drug-likeness (QED) is 0.788. The van der Waals surface area contributed by atoms with Gasteiger partial charge in [-0.05, 0) is 31.9 Å². The molecule has 98 valence electrons. The van der Waals surface area contributed by atoms with Crippen molar-refractivity contribution < 1.29 is 4.79 Å². The van der Waals surface area contributed by atoms with Crippen LogP contribution in [0.15, 0.2) is 24.3 Å². The van der Waals surface area contributed by atoms with Crippen molar-refractivity contribution in [1.82, 2.24) is 10.2 Å². The average Bonchev–Trinajstić information content (AvgIpc) is 3.15. The summed E-state index contributed by atoms with van der Waals surface area (Å²) in [5.74, 6) is 0.179. The van der Waals surface area contributed by atoms with E-state index in [0.717, 1.165) is 29.8 Å². The van der Waals surface area contributed by atoms with Crippen LogP contribution in [0.25, 0.3) is 0 Å². The van der Waals surface area contributed by atoms with E-state index >= 15 is 0 Å². The molecule has 0 atom stereocenters. The lowest BCUT2D eigenvalue weighted by Gasteiger charge is -2.04. The number of amides is 1. The van der Waals surface area contributed by atoms with Crippen LogP contribution in [0.1, 0.15) is 40.5 Å². The van der Waals surface area contributed by atoms with Gasteiger partial charge in [-0.15, -0.1) is 0 Å². The van der Waals surface area contributed by atoms with Gasteiger partial charge in [0.15, 0.2) is 5.69 Å². The molecule has 1 aromatic heterocycles. The van der Waals surface area contributed by atoms with Crippen LogP contribution in [0, 0.1) is 6.92 Å². The number of aryl methyl sites for hydroxylation is 1. The summed E-state index contributed by atoms with van der Waals surface area (Å²) >= 11 is 0. The minimum absolute atomic E-state index is 0.274. The average molecular weight is 256 g/mol. The summed E-state index contributed by atoms with van der Waals surface area (Å²) < 4.78 is 0. The first-order valence-electron chi connectivity index (χ1n) is 6.37. The van der Waals surface area contributed by atoms with Gasteiger partial charge in [-0.2, -0.15) is 5.10 Å². The summed E-state index contributed by atoms with van der Waals surface area (Å²) in [6.07, 6.45) is 2.23. The molecule has 1 aliphatic carbocycles. The van der Waals surface area contributed by atoms with E-state index in [4.69, 9.17) is 5.73 Å². The number of nitrogen functional groups attached to an aromatic ring is 1. The molecule has 3 rings (SSSR count). The lowest BCUT2D eigenvalue weighted by molar-refractivity contribution is 0.102. The zero-order chi connectivity index (χ0) is 13.4. The molecule has 5 nitrogen and oxygen atoms in total. The molecule has 0 spiro atoms.